The number of fused-ring (bicyclic) bond motifs is 1. The van der Waals surface area contributed by atoms with E-state index in [9.17, 15) is 4.79 Å². The summed E-state index contributed by atoms with van der Waals surface area (Å²) in [6, 6.07) is 16.2. The van der Waals surface area contributed by atoms with Gasteiger partial charge in [0.25, 0.3) is 0 Å². The molecule has 116 valence electrons. The van der Waals surface area contributed by atoms with E-state index in [0.29, 0.717) is 21.9 Å². The fourth-order valence-corrected chi connectivity index (χ4v) is 2.61. The number of rotatable bonds is 4. The number of hydrogen-bond acceptors (Lipinski definition) is 3. The van der Waals surface area contributed by atoms with Crippen LogP contribution in [0.3, 0.4) is 0 Å². The predicted octanol–water partition coefficient (Wildman–Crippen LogP) is 4.74. The van der Waals surface area contributed by atoms with Gasteiger partial charge in [0.1, 0.15) is 11.5 Å². The van der Waals surface area contributed by atoms with Gasteiger partial charge in [0.2, 0.25) is 0 Å². The van der Waals surface area contributed by atoms with Crippen molar-refractivity contribution in [2.75, 3.05) is 14.2 Å². The van der Waals surface area contributed by atoms with Gasteiger partial charge in [-0.05, 0) is 59.3 Å². The minimum Gasteiger partial charge on any atom is -0.497 e. The van der Waals surface area contributed by atoms with E-state index in [4.69, 9.17) is 21.1 Å². The maximum Gasteiger partial charge on any atom is 0.196 e. The second-order valence-corrected chi connectivity index (χ2v) is 5.54. The minimum atomic E-state index is -0.101. The second kappa shape index (κ2) is 6.31. The van der Waals surface area contributed by atoms with E-state index in [2.05, 4.69) is 0 Å². The minimum absolute atomic E-state index is 0.101. The van der Waals surface area contributed by atoms with Crippen molar-refractivity contribution in [1.29, 1.82) is 0 Å². The van der Waals surface area contributed by atoms with Crippen molar-refractivity contribution in [3.8, 4) is 11.5 Å². The third kappa shape index (κ3) is 3.01. The number of methoxy groups -OCH3 is 2. The van der Waals surface area contributed by atoms with Crippen molar-refractivity contribution in [2.24, 2.45) is 0 Å². The molecule has 0 aliphatic heterocycles. The number of benzene rings is 3. The summed E-state index contributed by atoms with van der Waals surface area (Å²) in [5, 5.41) is 2.50. The van der Waals surface area contributed by atoms with Crippen molar-refractivity contribution in [2.45, 2.75) is 0 Å². The molecule has 23 heavy (non-hydrogen) atoms. The highest BCUT2D eigenvalue weighted by Crippen LogP contribution is 2.30. The molecule has 0 atom stereocenters. The van der Waals surface area contributed by atoms with Crippen LogP contribution in [-0.4, -0.2) is 20.0 Å². The van der Waals surface area contributed by atoms with Gasteiger partial charge >= 0.3 is 0 Å². The average Bonchev–Trinajstić information content (AvgIpc) is 2.60. The highest BCUT2D eigenvalue weighted by atomic mass is 35.5. The van der Waals surface area contributed by atoms with Crippen LogP contribution in [-0.2, 0) is 0 Å². The smallest absolute Gasteiger partial charge is 0.196 e. The topological polar surface area (TPSA) is 35.5 Å². The molecular formula is C19H15ClO3. The Morgan fingerprint density at radius 3 is 2.26 bits per heavy atom. The Morgan fingerprint density at radius 1 is 0.870 bits per heavy atom. The number of halogens is 1. The summed E-state index contributed by atoms with van der Waals surface area (Å²) >= 11 is 5.88. The largest absolute Gasteiger partial charge is 0.497 e. The van der Waals surface area contributed by atoms with Gasteiger partial charge in [-0.25, -0.2) is 0 Å². The standard InChI is InChI=1S/C19H15ClO3/c1-22-16-8-5-13-10-17(18(23-2)11-14(13)9-16)19(21)12-3-6-15(20)7-4-12/h3-11H,1-2H3. The lowest BCUT2D eigenvalue weighted by Crippen LogP contribution is -2.04. The lowest BCUT2D eigenvalue weighted by atomic mass is 9.98. The van der Waals surface area contributed by atoms with E-state index in [1.807, 2.05) is 30.3 Å². The first kappa shape index (κ1) is 15.4. The van der Waals surface area contributed by atoms with Crippen molar-refractivity contribution < 1.29 is 14.3 Å². The molecule has 3 aromatic carbocycles. The molecule has 0 saturated carbocycles. The first-order valence-electron chi connectivity index (χ1n) is 7.08. The van der Waals surface area contributed by atoms with Gasteiger partial charge in [0, 0.05) is 10.6 Å². The molecule has 3 rings (SSSR count). The van der Waals surface area contributed by atoms with E-state index in [1.165, 1.54) is 0 Å². The number of ether oxygens (including phenoxy) is 2. The van der Waals surface area contributed by atoms with Gasteiger partial charge < -0.3 is 9.47 Å². The van der Waals surface area contributed by atoms with Gasteiger partial charge in [-0.1, -0.05) is 17.7 Å². The molecule has 0 spiro atoms. The SMILES string of the molecule is COc1ccc2cc(C(=O)c3ccc(Cl)cc3)c(OC)cc2c1. The Balaban J connectivity index is 2.12. The molecule has 0 aliphatic carbocycles. The van der Waals surface area contributed by atoms with Crippen LogP contribution in [0.1, 0.15) is 15.9 Å². The van der Waals surface area contributed by atoms with Crippen molar-refractivity contribution in [3.63, 3.8) is 0 Å². The molecule has 0 radical (unpaired) electrons. The molecule has 0 N–H and O–H groups in total. The summed E-state index contributed by atoms with van der Waals surface area (Å²) in [7, 11) is 3.18. The quantitative estimate of drug-likeness (QED) is 0.649. The van der Waals surface area contributed by atoms with Crippen LogP contribution in [0.4, 0.5) is 0 Å². The summed E-state index contributed by atoms with van der Waals surface area (Å²) in [4.78, 5) is 12.8. The van der Waals surface area contributed by atoms with Crippen LogP contribution < -0.4 is 9.47 Å². The Labute approximate surface area is 139 Å². The zero-order chi connectivity index (χ0) is 16.4. The molecule has 0 unspecified atom stereocenters. The summed E-state index contributed by atoms with van der Waals surface area (Å²) < 4.78 is 10.6. The van der Waals surface area contributed by atoms with Gasteiger partial charge in [0.15, 0.2) is 5.78 Å². The first-order chi connectivity index (χ1) is 11.1. The molecule has 0 bridgehead atoms. The lowest BCUT2D eigenvalue weighted by molar-refractivity contribution is 0.103. The van der Waals surface area contributed by atoms with Crippen LogP contribution in [0.5, 0.6) is 11.5 Å². The monoisotopic (exact) mass is 326 g/mol. The van der Waals surface area contributed by atoms with E-state index in [1.54, 1.807) is 38.5 Å². The molecule has 3 aromatic rings. The predicted molar refractivity (Wildman–Crippen MR) is 91.9 cm³/mol. The molecule has 0 aliphatic rings. The third-order valence-corrected chi connectivity index (χ3v) is 3.97. The van der Waals surface area contributed by atoms with E-state index in [-0.39, 0.29) is 5.78 Å². The van der Waals surface area contributed by atoms with E-state index < -0.39 is 0 Å². The molecule has 0 amide bonds. The molecular weight excluding hydrogens is 312 g/mol. The molecule has 3 nitrogen and oxygen atoms in total. The van der Waals surface area contributed by atoms with Gasteiger partial charge in [0.05, 0.1) is 19.8 Å². The zero-order valence-corrected chi connectivity index (χ0v) is 13.6. The summed E-state index contributed by atoms with van der Waals surface area (Å²) in [5.74, 6) is 1.19. The zero-order valence-electron chi connectivity index (χ0n) is 12.8. The number of carbonyl (C=O) groups is 1. The van der Waals surface area contributed by atoms with Gasteiger partial charge in [-0.2, -0.15) is 0 Å². The van der Waals surface area contributed by atoms with E-state index in [0.717, 1.165) is 16.5 Å². The van der Waals surface area contributed by atoms with Crippen LogP contribution in [0, 0.1) is 0 Å². The fraction of sp³-hybridized carbons (Fsp3) is 0.105. The fourth-order valence-electron chi connectivity index (χ4n) is 2.48. The Morgan fingerprint density at radius 2 is 1.61 bits per heavy atom. The van der Waals surface area contributed by atoms with Crippen LogP contribution in [0.2, 0.25) is 5.02 Å². The Kier molecular flexibility index (Phi) is 4.22. The van der Waals surface area contributed by atoms with E-state index >= 15 is 0 Å². The van der Waals surface area contributed by atoms with Crippen LogP contribution in [0.25, 0.3) is 10.8 Å². The maximum atomic E-state index is 12.8. The average molecular weight is 327 g/mol. The van der Waals surface area contributed by atoms with Crippen LogP contribution in [0.15, 0.2) is 54.6 Å². The summed E-state index contributed by atoms with van der Waals surface area (Å²) in [6.45, 7) is 0. The molecule has 0 aromatic heterocycles. The lowest BCUT2D eigenvalue weighted by Gasteiger charge is -2.11. The third-order valence-electron chi connectivity index (χ3n) is 3.72. The van der Waals surface area contributed by atoms with Gasteiger partial charge in [-0.15, -0.1) is 0 Å². The summed E-state index contributed by atoms with van der Waals surface area (Å²) in [5.41, 5.74) is 1.09. The highest BCUT2D eigenvalue weighted by Gasteiger charge is 2.16. The molecule has 0 saturated heterocycles. The van der Waals surface area contributed by atoms with Gasteiger partial charge in [-0.3, -0.25) is 4.79 Å². The molecule has 0 fully saturated rings. The number of carbonyl (C=O) groups excluding carboxylic acids is 1. The second-order valence-electron chi connectivity index (χ2n) is 5.10. The normalized spacial score (nSPS) is 10.6. The van der Waals surface area contributed by atoms with Crippen molar-refractivity contribution in [1.82, 2.24) is 0 Å². The highest BCUT2D eigenvalue weighted by molar-refractivity contribution is 6.30. The summed E-state index contributed by atoms with van der Waals surface area (Å²) in [6.07, 6.45) is 0. The first-order valence-corrected chi connectivity index (χ1v) is 7.46. The Hall–Kier alpha value is -2.52. The van der Waals surface area contributed by atoms with Crippen molar-refractivity contribution >= 4 is 28.2 Å². The number of ketones is 1. The molecule has 4 heteroatoms. The van der Waals surface area contributed by atoms with Crippen LogP contribution >= 0.6 is 11.6 Å². The Bertz CT molecular complexity index is 870. The number of hydrogen-bond donors (Lipinski definition) is 0. The maximum absolute atomic E-state index is 12.8. The molecule has 0 heterocycles. The van der Waals surface area contributed by atoms with Crippen molar-refractivity contribution in [3.05, 3.63) is 70.7 Å².